The van der Waals surface area contributed by atoms with Crippen molar-refractivity contribution in [3.63, 3.8) is 0 Å². The first-order valence-corrected chi connectivity index (χ1v) is 7.96. The van der Waals surface area contributed by atoms with Crippen LogP contribution >= 0.6 is 15.9 Å². The van der Waals surface area contributed by atoms with E-state index in [-0.39, 0.29) is 5.82 Å². The van der Waals surface area contributed by atoms with Crippen LogP contribution in [0.15, 0.2) is 46.9 Å². The maximum atomic E-state index is 13.7. The molecule has 0 radical (unpaired) electrons. The summed E-state index contributed by atoms with van der Waals surface area (Å²) in [7, 11) is 0. The predicted octanol–water partition coefficient (Wildman–Crippen LogP) is 5.05. The standard InChI is InChI=1S/C17H20BrFN2/c1-3-21(4-2)16-9-7-15(8-10-16)20-12-13-5-6-14(18)11-17(13)19/h5-11,20H,3-4,12H2,1-2H3. The SMILES string of the molecule is CCN(CC)c1ccc(NCc2ccc(Br)cc2F)cc1. The second-order valence-corrected chi connectivity index (χ2v) is 5.72. The van der Waals surface area contributed by atoms with E-state index in [0.29, 0.717) is 12.1 Å². The normalized spacial score (nSPS) is 10.5. The quantitative estimate of drug-likeness (QED) is 0.784. The van der Waals surface area contributed by atoms with E-state index in [4.69, 9.17) is 0 Å². The maximum Gasteiger partial charge on any atom is 0.129 e. The molecule has 0 fully saturated rings. The lowest BCUT2D eigenvalue weighted by Crippen LogP contribution is -2.21. The Morgan fingerprint density at radius 1 is 1.05 bits per heavy atom. The molecule has 0 aromatic heterocycles. The van der Waals surface area contributed by atoms with Crippen LogP contribution in [-0.2, 0) is 6.54 Å². The van der Waals surface area contributed by atoms with Gasteiger partial charge in [-0.15, -0.1) is 0 Å². The van der Waals surface area contributed by atoms with Gasteiger partial charge in [-0.25, -0.2) is 4.39 Å². The van der Waals surface area contributed by atoms with Crippen LogP contribution in [0.25, 0.3) is 0 Å². The molecule has 2 aromatic carbocycles. The summed E-state index contributed by atoms with van der Waals surface area (Å²) in [4.78, 5) is 2.29. The zero-order valence-corrected chi connectivity index (χ0v) is 14.0. The Hall–Kier alpha value is -1.55. The molecule has 0 unspecified atom stereocenters. The lowest BCUT2D eigenvalue weighted by atomic mass is 10.2. The Kier molecular flexibility index (Phi) is 5.62. The summed E-state index contributed by atoms with van der Waals surface area (Å²) < 4.78 is 14.5. The van der Waals surface area contributed by atoms with Crippen molar-refractivity contribution in [3.05, 3.63) is 58.3 Å². The first-order valence-electron chi connectivity index (χ1n) is 7.16. The highest BCUT2D eigenvalue weighted by atomic mass is 79.9. The number of benzene rings is 2. The molecular formula is C17H20BrFN2. The summed E-state index contributed by atoms with van der Waals surface area (Å²) >= 11 is 3.26. The number of anilines is 2. The molecule has 0 atom stereocenters. The number of nitrogens with zero attached hydrogens (tertiary/aromatic N) is 1. The fourth-order valence-corrected chi connectivity index (χ4v) is 2.57. The van der Waals surface area contributed by atoms with Gasteiger partial charge in [0.25, 0.3) is 0 Å². The Bertz CT molecular complexity index is 580. The number of halogens is 2. The molecule has 0 aliphatic carbocycles. The number of hydrogen-bond donors (Lipinski definition) is 1. The number of hydrogen-bond acceptors (Lipinski definition) is 2. The molecule has 0 amide bonds. The average Bonchev–Trinajstić information content (AvgIpc) is 2.49. The third kappa shape index (κ3) is 4.21. The van der Waals surface area contributed by atoms with E-state index in [1.165, 1.54) is 11.8 Å². The first kappa shape index (κ1) is 15.8. The molecule has 21 heavy (non-hydrogen) atoms. The van der Waals surface area contributed by atoms with Gasteiger partial charge in [0.05, 0.1) is 0 Å². The molecule has 0 bridgehead atoms. The van der Waals surface area contributed by atoms with Gasteiger partial charge in [-0.2, -0.15) is 0 Å². The van der Waals surface area contributed by atoms with Gasteiger partial charge in [0.15, 0.2) is 0 Å². The Balaban J connectivity index is 2.00. The van der Waals surface area contributed by atoms with Crippen molar-refractivity contribution < 1.29 is 4.39 Å². The van der Waals surface area contributed by atoms with Crippen molar-refractivity contribution in [1.82, 2.24) is 0 Å². The van der Waals surface area contributed by atoms with E-state index in [2.05, 4.69) is 52.1 Å². The molecule has 112 valence electrons. The van der Waals surface area contributed by atoms with Crippen molar-refractivity contribution in [2.45, 2.75) is 20.4 Å². The van der Waals surface area contributed by atoms with Gasteiger partial charge in [0.2, 0.25) is 0 Å². The molecule has 2 aromatic rings. The molecule has 0 heterocycles. The smallest absolute Gasteiger partial charge is 0.129 e. The zero-order valence-electron chi connectivity index (χ0n) is 12.4. The molecule has 2 rings (SSSR count). The zero-order chi connectivity index (χ0) is 15.2. The Morgan fingerprint density at radius 2 is 1.71 bits per heavy atom. The van der Waals surface area contributed by atoms with E-state index in [1.54, 1.807) is 6.07 Å². The van der Waals surface area contributed by atoms with Crippen LogP contribution < -0.4 is 10.2 Å². The highest BCUT2D eigenvalue weighted by molar-refractivity contribution is 9.10. The van der Waals surface area contributed by atoms with Gasteiger partial charge >= 0.3 is 0 Å². The van der Waals surface area contributed by atoms with Gasteiger partial charge < -0.3 is 10.2 Å². The molecule has 2 nitrogen and oxygen atoms in total. The monoisotopic (exact) mass is 350 g/mol. The van der Waals surface area contributed by atoms with E-state index in [9.17, 15) is 4.39 Å². The van der Waals surface area contributed by atoms with Gasteiger partial charge in [-0.3, -0.25) is 0 Å². The van der Waals surface area contributed by atoms with Crippen molar-refractivity contribution in [1.29, 1.82) is 0 Å². The fraction of sp³-hybridized carbons (Fsp3) is 0.294. The third-order valence-corrected chi connectivity index (χ3v) is 3.99. The minimum Gasteiger partial charge on any atom is -0.381 e. The molecular weight excluding hydrogens is 331 g/mol. The second kappa shape index (κ2) is 7.46. The van der Waals surface area contributed by atoms with Crippen LogP contribution in [0, 0.1) is 5.82 Å². The summed E-state index contributed by atoms with van der Waals surface area (Å²) in [5.41, 5.74) is 2.86. The van der Waals surface area contributed by atoms with Crippen molar-refractivity contribution in [3.8, 4) is 0 Å². The van der Waals surface area contributed by atoms with Crippen molar-refractivity contribution in [2.24, 2.45) is 0 Å². The van der Waals surface area contributed by atoms with Crippen molar-refractivity contribution >= 4 is 27.3 Å². The molecule has 0 aliphatic rings. The lowest BCUT2D eigenvalue weighted by molar-refractivity contribution is 0.612. The van der Waals surface area contributed by atoms with Crippen LogP contribution in [0.5, 0.6) is 0 Å². The minimum atomic E-state index is -0.198. The number of rotatable bonds is 6. The Morgan fingerprint density at radius 3 is 2.29 bits per heavy atom. The summed E-state index contributed by atoms with van der Waals surface area (Å²) in [6.45, 7) is 6.75. The summed E-state index contributed by atoms with van der Waals surface area (Å²) in [5.74, 6) is -0.198. The first-order chi connectivity index (χ1) is 10.1. The van der Waals surface area contributed by atoms with E-state index >= 15 is 0 Å². The lowest BCUT2D eigenvalue weighted by Gasteiger charge is -2.21. The largest absolute Gasteiger partial charge is 0.381 e. The molecule has 0 aliphatic heterocycles. The van der Waals surface area contributed by atoms with Crippen LogP contribution in [0.2, 0.25) is 0 Å². The maximum absolute atomic E-state index is 13.7. The molecule has 0 spiro atoms. The highest BCUT2D eigenvalue weighted by Crippen LogP contribution is 2.20. The van der Waals surface area contributed by atoms with Crippen LogP contribution in [0.1, 0.15) is 19.4 Å². The minimum absolute atomic E-state index is 0.198. The van der Waals surface area contributed by atoms with Gasteiger partial charge in [-0.1, -0.05) is 22.0 Å². The molecule has 1 N–H and O–H groups in total. The average molecular weight is 351 g/mol. The van der Waals surface area contributed by atoms with Crippen LogP contribution in [-0.4, -0.2) is 13.1 Å². The van der Waals surface area contributed by atoms with E-state index in [1.807, 2.05) is 18.2 Å². The van der Waals surface area contributed by atoms with Crippen LogP contribution in [0.3, 0.4) is 0 Å². The van der Waals surface area contributed by atoms with Gasteiger partial charge in [0, 0.05) is 41.0 Å². The summed E-state index contributed by atoms with van der Waals surface area (Å²) in [5, 5.41) is 3.25. The fourth-order valence-electron chi connectivity index (χ4n) is 2.24. The van der Waals surface area contributed by atoms with E-state index < -0.39 is 0 Å². The summed E-state index contributed by atoms with van der Waals surface area (Å²) in [6.07, 6.45) is 0. The van der Waals surface area contributed by atoms with Crippen LogP contribution in [0.4, 0.5) is 15.8 Å². The molecule has 0 saturated carbocycles. The molecule has 0 saturated heterocycles. The number of nitrogens with one attached hydrogen (secondary N) is 1. The predicted molar refractivity (Wildman–Crippen MR) is 91.4 cm³/mol. The van der Waals surface area contributed by atoms with E-state index in [0.717, 1.165) is 23.2 Å². The van der Waals surface area contributed by atoms with Gasteiger partial charge in [0.1, 0.15) is 5.82 Å². The topological polar surface area (TPSA) is 15.3 Å². The molecule has 4 heteroatoms. The second-order valence-electron chi connectivity index (χ2n) is 4.81. The van der Waals surface area contributed by atoms with Gasteiger partial charge in [-0.05, 0) is 50.2 Å². The van der Waals surface area contributed by atoms with Crippen molar-refractivity contribution in [2.75, 3.05) is 23.3 Å². The third-order valence-electron chi connectivity index (χ3n) is 3.49. The highest BCUT2D eigenvalue weighted by Gasteiger charge is 2.04. The summed E-state index contributed by atoms with van der Waals surface area (Å²) in [6, 6.07) is 13.4. The Labute approximate surface area is 134 Å².